The van der Waals surface area contributed by atoms with Crippen LogP contribution >= 0.6 is 0 Å². The van der Waals surface area contributed by atoms with E-state index in [0.717, 1.165) is 25.2 Å². The lowest BCUT2D eigenvalue weighted by atomic mass is 9.99. The van der Waals surface area contributed by atoms with Crippen molar-refractivity contribution in [3.05, 3.63) is 35.8 Å². The largest absolute Gasteiger partial charge is 0.396 e. The number of hydrogen-bond donors (Lipinski definition) is 1. The monoisotopic (exact) mass is 273 g/mol. The van der Waals surface area contributed by atoms with Gasteiger partial charge in [-0.05, 0) is 50.4 Å². The van der Waals surface area contributed by atoms with Gasteiger partial charge < -0.3 is 9.51 Å². The molecule has 2 aromatic rings. The summed E-state index contributed by atoms with van der Waals surface area (Å²) in [5, 5.41) is 9.22. The summed E-state index contributed by atoms with van der Waals surface area (Å²) >= 11 is 0. The van der Waals surface area contributed by atoms with Crippen LogP contribution in [0.3, 0.4) is 0 Å². The molecule has 0 amide bonds. The molecular weight excluding hydrogens is 250 g/mol. The molecule has 20 heavy (non-hydrogen) atoms. The second-order valence-corrected chi connectivity index (χ2v) is 5.81. The van der Waals surface area contributed by atoms with Gasteiger partial charge in [-0.25, -0.2) is 4.98 Å². The first kappa shape index (κ1) is 13.6. The van der Waals surface area contributed by atoms with Crippen molar-refractivity contribution in [2.45, 2.75) is 45.2 Å². The number of aliphatic hydroxyl groups excluding tert-OH is 1. The number of nitrogens with zero attached hydrogens (tertiary/aromatic N) is 3. The van der Waals surface area contributed by atoms with Crippen molar-refractivity contribution in [2.75, 3.05) is 13.2 Å². The molecular formula is C16H23N3O. The van der Waals surface area contributed by atoms with Gasteiger partial charge in [0.25, 0.3) is 0 Å². The van der Waals surface area contributed by atoms with E-state index in [1.807, 2.05) is 6.20 Å². The molecule has 1 aliphatic rings. The Hall–Kier alpha value is -1.39. The molecule has 0 aliphatic carbocycles. The molecule has 1 fully saturated rings. The molecule has 1 saturated heterocycles. The third kappa shape index (κ3) is 2.72. The number of aliphatic hydroxyl groups is 1. The number of aryl methyl sites for hydroxylation is 1. The summed E-state index contributed by atoms with van der Waals surface area (Å²) in [5.41, 5.74) is 3.51. The average molecular weight is 273 g/mol. The molecule has 0 saturated carbocycles. The Morgan fingerprint density at radius 1 is 1.40 bits per heavy atom. The van der Waals surface area contributed by atoms with Crippen molar-refractivity contribution >= 4 is 5.65 Å². The molecule has 4 heteroatoms. The van der Waals surface area contributed by atoms with Crippen LogP contribution in [0.15, 0.2) is 24.5 Å². The number of aromatic nitrogens is 2. The third-order valence-corrected chi connectivity index (χ3v) is 4.32. The molecule has 108 valence electrons. The number of imidazole rings is 1. The Balaban J connectivity index is 1.80. The molecule has 3 rings (SSSR count). The van der Waals surface area contributed by atoms with Crippen LogP contribution in [0.1, 0.15) is 36.9 Å². The summed E-state index contributed by atoms with van der Waals surface area (Å²) in [6.07, 6.45) is 8.73. The number of likely N-dealkylation sites (tertiary alicyclic amines) is 1. The lowest BCUT2D eigenvalue weighted by molar-refractivity contribution is 0.111. The van der Waals surface area contributed by atoms with E-state index in [-0.39, 0.29) is 6.61 Å². The maximum absolute atomic E-state index is 9.22. The van der Waals surface area contributed by atoms with Crippen LogP contribution in [-0.4, -0.2) is 38.6 Å². The van der Waals surface area contributed by atoms with Crippen LogP contribution in [0, 0.1) is 6.92 Å². The molecule has 4 nitrogen and oxygen atoms in total. The number of fused-ring (bicyclic) bond motifs is 1. The molecule has 0 bridgehead atoms. The van der Waals surface area contributed by atoms with Crippen LogP contribution in [0.4, 0.5) is 0 Å². The fraction of sp³-hybridized carbons (Fsp3) is 0.562. The molecule has 0 spiro atoms. The van der Waals surface area contributed by atoms with E-state index < -0.39 is 0 Å². The normalized spacial score (nSPS) is 20.6. The molecule has 1 atom stereocenters. The van der Waals surface area contributed by atoms with Crippen molar-refractivity contribution in [1.82, 2.24) is 14.3 Å². The van der Waals surface area contributed by atoms with Crippen LogP contribution in [-0.2, 0) is 6.54 Å². The summed E-state index contributed by atoms with van der Waals surface area (Å²) < 4.78 is 2.18. The highest BCUT2D eigenvalue weighted by molar-refractivity contribution is 5.42. The number of pyridine rings is 1. The zero-order chi connectivity index (χ0) is 13.9. The van der Waals surface area contributed by atoms with Gasteiger partial charge in [-0.2, -0.15) is 0 Å². The van der Waals surface area contributed by atoms with Gasteiger partial charge in [0.05, 0.1) is 11.9 Å². The van der Waals surface area contributed by atoms with Crippen molar-refractivity contribution in [3.63, 3.8) is 0 Å². The minimum absolute atomic E-state index is 0.285. The fourth-order valence-corrected chi connectivity index (χ4v) is 3.20. The second-order valence-electron chi connectivity index (χ2n) is 5.81. The highest BCUT2D eigenvalue weighted by Gasteiger charge is 2.22. The van der Waals surface area contributed by atoms with E-state index in [2.05, 4.69) is 39.5 Å². The van der Waals surface area contributed by atoms with E-state index in [1.54, 1.807) is 0 Å². The van der Waals surface area contributed by atoms with Crippen molar-refractivity contribution in [2.24, 2.45) is 0 Å². The Morgan fingerprint density at radius 3 is 3.15 bits per heavy atom. The van der Waals surface area contributed by atoms with Crippen LogP contribution < -0.4 is 0 Å². The number of piperidine rings is 1. The molecule has 0 aromatic carbocycles. The molecule has 1 N–H and O–H groups in total. The summed E-state index contributed by atoms with van der Waals surface area (Å²) in [6, 6.07) is 4.76. The first-order chi connectivity index (χ1) is 9.78. The van der Waals surface area contributed by atoms with Gasteiger partial charge in [0.15, 0.2) is 0 Å². The van der Waals surface area contributed by atoms with Gasteiger partial charge in [-0.1, -0.05) is 6.42 Å². The van der Waals surface area contributed by atoms with E-state index in [1.165, 1.54) is 30.5 Å². The lowest BCUT2D eigenvalue weighted by Gasteiger charge is -2.35. The fourth-order valence-electron chi connectivity index (χ4n) is 3.20. The maximum Gasteiger partial charge on any atom is 0.137 e. The zero-order valence-corrected chi connectivity index (χ0v) is 12.1. The molecule has 2 aromatic heterocycles. The summed E-state index contributed by atoms with van der Waals surface area (Å²) in [5.74, 6) is 0. The Kier molecular flexibility index (Phi) is 4.03. The van der Waals surface area contributed by atoms with Crippen molar-refractivity contribution < 1.29 is 5.11 Å². The van der Waals surface area contributed by atoms with Crippen molar-refractivity contribution in [3.8, 4) is 0 Å². The minimum atomic E-state index is 0.285. The Morgan fingerprint density at radius 2 is 2.30 bits per heavy atom. The first-order valence-corrected chi connectivity index (χ1v) is 7.55. The third-order valence-electron chi connectivity index (χ3n) is 4.32. The summed E-state index contributed by atoms with van der Waals surface area (Å²) in [7, 11) is 0. The number of hydrogen-bond acceptors (Lipinski definition) is 3. The van der Waals surface area contributed by atoms with Gasteiger partial charge in [0.2, 0.25) is 0 Å². The predicted octanol–water partition coefficient (Wildman–Crippen LogP) is 2.38. The smallest absolute Gasteiger partial charge is 0.137 e. The quantitative estimate of drug-likeness (QED) is 0.930. The van der Waals surface area contributed by atoms with Crippen LogP contribution in [0.5, 0.6) is 0 Å². The van der Waals surface area contributed by atoms with Crippen molar-refractivity contribution in [1.29, 1.82) is 0 Å². The summed E-state index contributed by atoms with van der Waals surface area (Å²) in [4.78, 5) is 7.01. The first-order valence-electron chi connectivity index (χ1n) is 7.55. The SMILES string of the molecule is Cc1ccn2c(CN3CCCCC3CCO)cnc2c1. The van der Waals surface area contributed by atoms with Gasteiger partial charge in [-0.15, -0.1) is 0 Å². The topological polar surface area (TPSA) is 40.8 Å². The van der Waals surface area contributed by atoms with E-state index in [4.69, 9.17) is 0 Å². The highest BCUT2D eigenvalue weighted by Crippen LogP contribution is 2.22. The van der Waals surface area contributed by atoms with Gasteiger partial charge in [-0.3, -0.25) is 4.90 Å². The molecule has 1 unspecified atom stereocenters. The molecule has 1 aliphatic heterocycles. The standard InChI is InChI=1S/C16H23N3O/c1-13-5-8-19-15(11-17-16(19)10-13)12-18-7-3-2-4-14(18)6-9-20/h5,8,10-11,14,20H,2-4,6-7,9,12H2,1H3. The Bertz CT molecular complexity index is 576. The zero-order valence-electron chi connectivity index (χ0n) is 12.1. The maximum atomic E-state index is 9.22. The van der Waals surface area contributed by atoms with Crippen LogP contribution in [0.25, 0.3) is 5.65 Å². The van der Waals surface area contributed by atoms with E-state index >= 15 is 0 Å². The average Bonchev–Trinajstić information content (AvgIpc) is 2.83. The molecule has 3 heterocycles. The van der Waals surface area contributed by atoms with Crippen LogP contribution in [0.2, 0.25) is 0 Å². The number of rotatable bonds is 4. The van der Waals surface area contributed by atoms with Gasteiger partial charge in [0, 0.05) is 25.4 Å². The van der Waals surface area contributed by atoms with E-state index in [0.29, 0.717) is 6.04 Å². The lowest BCUT2D eigenvalue weighted by Crippen LogP contribution is -2.39. The van der Waals surface area contributed by atoms with Gasteiger partial charge in [0.1, 0.15) is 5.65 Å². The van der Waals surface area contributed by atoms with Gasteiger partial charge >= 0.3 is 0 Å². The predicted molar refractivity (Wildman–Crippen MR) is 79.7 cm³/mol. The highest BCUT2D eigenvalue weighted by atomic mass is 16.3. The minimum Gasteiger partial charge on any atom is -0.396 e. The van der Waals surface area contributed by atoms with E-state index in [9.17, 15) is 5.11 Å². The second kappa shape index (κ2) is 5.94. The molecule has 0 radical (unpaired) electrons. The Labute approximate surface area is 120 Å². The summed E-state index contributed by atoms with van der Waals surface area (Å²) in [6.45, 7) is 4.43.